The van der Waals surface area contributed by atoms with Crippen LogP contribution in [0.4, 0.5) is 0 Å². The number of allylic oxidation sites excluding steroid dienone is 4. The summed E-state index contributed by atoms with van der Waals surface area (Å²) in [5.74, 6) is -0.929. The van der Waals surface area contributed by atoms with Crippen molar-refractivity contribution < 1.29 is 14.3 Å². The Morgan fingerprint density at radius 3 is 2.19 bits per heavy atom. The Morgan fingerprint density at radius 2 is 1.75 bits per heavy atom. The van der Waals surface area contributed by atoms with E-state index in [4.69, 9.17) is 0 Å². The fourth-order valence-corrected chi connectivity index (χ4v) is 0.877. The van der Waals surface area contributed by atoms with Crippen molar-refractivity contribution in [2.75, 3.05) is 21.2 Å². The molecular weight excluding hydrogens is 206 g/mol. The summed E-state index contributed by atoms with van der Waals surface area (Å²) >= 11 is 0. The molecule has 0 aromatic rings. The smallest absolute Gasteiger partial charge is 0.341 e. The number of carbonyl (C=O) groups is 2. The van der Waals surface area contributed by atoms with Gasteiger partial charge in [-0.2, -0.15) is 0 Å². The number of ether oxygens (including phenoxy) is 1. The summed E-state index contributed by atoms with van der Waals surface area (Å²) in [7, 11) is 5.04. The topological polar surface area (TPSA) is 46.6 Å². The average Bonchev–Trinajstić information content (AvgIpc) is 2.21. The third-order valence-corrected chi connectivity index (χ3v) is 1.65. The van der Waals surface area contributed by atoms with Gasteiger partial charge in [0.05, 0.1) is 7.11 Å². The monoisotopic (exact) mass is 223 g/mol. The van der Waals surface area contributed by atoms with Gasteiger partial charge in [-0.3, -0.25) is 4.79 Å². The van der Waals surface area contributed by atoms with Crippen molar-refractivity contribution >= 4 is 11.8 Å². The minimum atomic E-state index is -0.617. The van der Waals surface area contributed by atoms with Gasteiger partial charge in [-0.15, -0.1) is 0 Å². The van der Waals surface area contributed by atoms with Crippen LogP contribution >= 0.6 is 0 Å². The van der Waals surface area contributed by atoms with E-state index in [0.29, 0.717) is 0 Å². The minimum Gasteiger partial charge on any atom is -0.465 e. The molecule has 0 spiro atoms. The van der Waals surface area contributed by atoms with Gasteiger partial charge in [0.25, 0.3) is 0 Å². The molecule has 0 unspecified atom stereocenters. The SMILES string of the molecule is COC(=O)/C(=C/C=C/C=C/N(C)C)C(C)=O. The Kier molecular flexibility index (Phi) is 6.59. The van der Waals surface area contributed by atoms with E-state index in [1.165, 1.54) is 20.1 Å². The molecule has 88 valence electrons. The van der Waals surface area contributed by atoms with Crippen molar-refractivity contribution in [3.05, 3.63) is 36.1 Å². The lowest BCUT2D eigenvalue weighted by molar-refractivity contribution is -0.137. The second-order valence-corrected chi connectivity index (χ2v) is 3.32. The largest absolute Gasteiger partial charge is 0.465 e. The first-order valence-electron chi connectivity index (χ1n) is 4.80. The van der Waals surface area contributed by atoms with Gasteiger partial charge in [0, 0.05) is 14.1 Å². The minimum absolute atomic E-state index is 0.0389. The number of hydrogen-bond acceptors (Lipinski definition) is 4. The van der Waals surface area contributed by atoms with Crippen LogP contribution in [0.3, 0.4) is 0 Å². The van der Waals surface area contributed by atoms with Crippen LogP contribution in [-0.4, -0.2) is 37.9 Å². The van der Waals surface area contributed by atoms with E-state index in [1.807, 2.05) is 25.2 Å². The van der Waals surface area contributed by atoms with Gasteiger partial charge in [0.1, 0.15) is 5.57 Å². The van der Waals surface area contributed by atoms with Crippen LogP contribution in [0.15, 0.2) is 36.1 Å². The van der Waals surface area contributed by atoms with Crippen molar-refractivity contribution in [3.63, 3.8) is 0 Å². The van der Waals surface area contributed by atoms with Crippen molar-refractivity contribution in [2.24, 2.45) is 0 Å². The molecule has 0 aromatic carbocycles. The van der Waals surface area contributed by atoms with E-state index >= 15 is 0 Å². The lowest BCUT2D eigenvalue weighted by atomic mass is 10.1. The maximum absolute atomic E-state index is 11.2. The fourth-order valence-electron chi connectivity index (χ4n) is 0.877. The van der Waals surface area contributed by atoms with Crippen molar-refractivity contribution in [3.8, 4) is 0 Å². The highest BCUT2D eigenvalue weighted by atomic mass is 16.5. The second-order valence-electron chi connectivity index (χ2n) is 3.32. The molecule has 0 saturated carbocycles. The molecule has 4 nitrogen and oxygen atoms in total. The number of carbonyl (C=O) groups excluding carboxylic acids is 2. The standard InChI is InChI=1S/C12H17NO3/c1-10(14)11(12(15)16-4)8-6-5-7-9-13(2)3/h5-9H,1-4H3/b6-5+,9-7+,11-8+. The molecule has 0 aliphatic carbocycles. The zero-order valence-corrected chi connectivity index (χ0v) is 10.1. The van der Waals surface area contributed by atoms with Crippen molar-refractivity contribution in [2.45, 2.75) is 6.92 Å². The van der Waals surface area contributed by atoms with Gasteiger partial charge >= 0.3 is 5.97 Å². The summed E-state index contributed by atoms with van der Waals surface area (Å²) in [6.45, 7) is 1.33. The molecule has 0 fully saturated rings. The molecule has 4 heteroatoms. The summed E-state index contributed by atoms with van der Waals surface area (Å²) in [5.41, 5.74) is 0.0389. The number of esters is 1. The molecule has 0 N–H and O–H groups in total. The first-order chi connectivity index (χ1) is 7.49. The Balaban J connectivity index is 4.58. The first-order valence-corrected chi connectivity index (χ1v) is 4.80. The third-order valence-electron chi connectivity index (χ3n) is 1.65. The summed E-state index contributed by atoms with van der Waals surface area (Å²) in [6.07, 6.45) is 8.43. The van der Waals surface area contributed by atoms with E-state index in [9.17, 15) is 9.59 Å². The van der Waals surface area contributed by atoms with Crippen LogP contribution in [0.2, 0.25) is 0 Å². The molecule has 0 amide bonds. The lowest BCUT2D eigenvalue weighted by Gasteiger charge is -2.00. The number of Topliss-reactive ketones (excluding diaryl/α,β-unsaturated/α-hetero) is 1. The maximum atomic E-state index is 11.2. The zero-order chi connectivity index (χ0) is 12.6. The number of ketones is 1. The van der Waals surface area contributed by atoms with E-state index in [2.05, 4.69) is 4.74 Å². The molecule has 0 aliphatic heterocycles. The Hall–Kier alpha value is -1.84. The van der Waals surface area contributed by atoms with Crippen molar-refractivity contribution in [1.29, 1.82) is 0 Å². The zero-order valence-electron chi connectivity index (χ0n) is 10.1. The van der Waals surface area contributed by atoms with Gasteiger partial charge in [-0.25, -0.2) is 4.79 Å². The van der Waals surface area contributed by atoms with E-state index in [1.54, 1.807) is 18.2 Å². The summed E-state index contributed by atoms with van der Waals surface area (Å²) in [5, 5.41) is 0. The van der Waals surface area contributed by atoms with Gasteiger partial charge in [-0.1, -0.05) is 12.2 Å². The van der Waals surface area contributed by atoms with Crippen LogP contribution < -0.4 is 0 Å². The highest BCUT2D eigenvalue weighted by molar-refractivity contribution is 6.16. The van der Waals surface area contributed by atoms with Gasteiger partial charge < -0.3 is 9.64 Å². The third kappa shape index (κ3) is 5.80. The van der Waals surface area contributed by atoms with Crippen LogP contribution in [0.25, 0.3) is 0 Å². The Labute approximate surface area is 95.9 Å². The Morgan fingerprint density at radius 1 is 1.12 bits per heavy atom. The molecule has 0 aromatic heterocycles. The highest BCUT2D eigenvalue weighted by Gasteiger charge is 2.12. The molecular formula is C12H17NO3. The van der Waals surface area contributed by atoms with E-state index in [-0.39, 0.29) is 11.4 Å². The van der Waals surface area contributed by atoms with Crippen LogP contribution in [-0.2, 0) is 14.3 Å². The van der Waals surface area contributed by atoms with Crippen LogP contribution in [0.5, 0.6) is 0 Å². The number of nitrogens with zero attached hydrogens (tertiary/aromatic N) is 1. The summed E-state index contributed by atoms with van der Waals surface area (Å²) in [6, 6.07) is 0. The molecule has 0 heterocycles. The lowest BCUT2D eigenvalue weighted by Crippen LogP contribution is -2.11. The molecule has 16 heavy (non-hydrogen) atoms. The van der Waals surface area contributed by atoms with E-state index in [0.717, 1.165) is 0 Å². The molecule has 0 radical (unpaired) electrons. The normalized spacial score (nSPS) is 12.1. The van der Waals surface area contributed by atoms with Gasteiger partial charge in [0.2, 0.25) is 0 Å². The van der Waals surface area contributed by atoms with Crippen LogP contribution in [0, 0.1) is 0 Å². The molecule has 0 atom stereocenters. The quantitative estimate of drug-likeness (QED) is 0.232. The molecule has 0 saturated heterocycles. The molecule has 0 bridgehead atoms. The predicted octanol–water partition coefficient (Wildman–Crippen LogP) is 1.31. The number of methoxy groups -OCH3 is 1. The first kappa shape index (κ1) is 14.2. The van der Waals surface area contributed by atoms with Crippen LogP contribution in [0.1, 0.15) is 6.92 Å². The summed E-state index contributed by atoms with van der Waals surface area (Å²) < 4.78 is 4.48. The van der Waals surface area contributed by atoms with Crippen molar-refractivity contribution in [1.82, 2.24) is 4.90 Å². The molecule has 0 aliphatic rings. The molecule has 0 rings (SSSR count). The number of rotatable bonds is 5. The average molecular weight is 223 g/mol. The predicted molar refractivity (Wildman–Crippen MR) is 62.7 cm³/mol. The number of hydrogen-bond donors (Lipinski definition) is 0. The highest BCUT2D eigenvalue weighted by Crippen LogP contribution is 2.00. The van der Waals surface area contributed by atoms with Gasteiger partial charge in [0.15, 0.2) is 5.78 Å². The fraction of sp³-hybridized carbons (Fsp3) is 0.333. The maximum Gasteiger partial charge on any atom is 0.341 e. The van der Waals surface area contributed by atoms with Gasteiger partial charge in [-0.05, 0) is 25.3 Å². The second kappa shape index (κ2) is 7.45. The Bertz CT molecular complexity index is 338. The van der Waals surface area contributed by atoms with E-state index < -0.39 is 5.97 Å². The summed E-state index contributed by atoms with van der Waals surface area (Å²) in [4.78, 5) is 24.1.